The Hall–Kier alpha value is -1.45. The van der Waals surface area contributed by atoms with Crippen LogP contribution >= 0.6 is 11.6 Å². The number of rotatable bonds is 2. The van der Waals surface area contributed by atoms with Crippen LogP contribution in [0.15, 0.2) is 36.7 Å². The van der Waals surface area contributed by atoms with E-state index in [9.17, 15) is 4.39 Å². The van der Waals surface area contributed by atoms with E-state index in [1.54, 1.807) is 24.5 Å². The van der Waals surface area contributed by atoms with E-state index in [0.717, 1.165) is 11.1 Å². The van der Waals surface area contributed by atoms with E-state index < -0.39 is 11.9 Å². The average molecular weight is 251 g/mol. The first-order valence-electron chi connectivity index (χ1n) is 5.20. The molecule has 0 radical (unpaired) electrons. The summed E-state index contributed by atoms with van der Waals surface area (Å²) >= 11 is 5.90. The molecule has 0 aliphatic heterocycles. The summed E-state index contributed by atoms with van der Waals surface area (Å²) in [6.07, 6.45) is 3.41. The molecule has 0 amide bonds. The summed E-state index contributed by atoms with van der Waals surface area (Å²) in [5, 5.41) is 0.0708. The lowest BCUT2D eigenvalue weighted by molar-refractivity contribution is 0.624. The van der Waals surface area contributed by atoms with Gasteiger partial charge in [0.05, 0.1) is 11.1 Å². The maximum atomic E-state index is 13.3. The van der Waals surface area contributed by atoms with Crippen molar-refractivity contribution in [3.05, 3.63) is 64.2 Å². The predicted octanol–water partition coefficient (Wildman–Crippen LogP) is 3.23. The smallest absolute Gasteiger partial charge is 0.142 e. The Bertz CT molecular complexity index is 543. The van der Waals surface area contributed by atoms with E-state index >= 15 is 0 Å². The second kappa shape index (κ2) is 4.82. The van der Waals surface area contributed by atoms with E-state index in [4.69, 9.17) is 17.3 Å². The summed E-state index contributed by atoms with van der Waals surface area (Å²) in [5.74, 6) is -0.458. The van der Waals surface area contributed by atoms with Gasteiger partial charge in [0.15, 0.2) is 0 Å². The van der Waals surface area contributed by atoms with Crippen molar-refractivity contribution in [3.8, 4) is 0 Å². The van der Waals surface area contributed by atoms with Crippen molar-refractivity contribution in [1.29, 1.82) is 0 Å². The van der Waals surface area contributed by atoms with E-state index in [1.165, 1.54) is 6.07 Å². The van der Waals surface area contributed by atoms with Crippen LogP contribution in [0.2, 0.25) is 5.02 Å². The molecule has 0 bridgehead atoms. The van der Waals surface area contributed by atoms with E-state index in [2.05, 4.69) is 4.98 Å². The van der Waals surface area contributed by atoms with Crippen LogP contribution in [0.3, 0.4) is 0 Å². The molecule has 0 aliphatic carbocycles. The van der Waals surface area contributed by atoms with Gasteiger partial charge in [0.1, 0.15) is 5.82 Å². The molecule has 0 saturated carbocycles. The van der Waals surface area contributed by atoms with E-state index in [0.29, 0.717) is 5.56 Å². The first-order chi connectivity index (χ1) is 8.09. The molecular weight excluding hydrogens is 239 g/mol. The Morgan fingerprint density at radius 1 is 1.35 bits per heavy atom. The van der Waals surface area contributed by atoms with E-state index in [1.807, 2.05) is 13.0 Å². The lowest BCUT2D eigenvalue weighted by Gasteiger charge is -2.14. The number of hydrogen-bond donors (Lipinski definition) is 1. The van der Waals surface area contributed by atoms with Gasteiger partial charge in [0.2, 0.25) is 0 Å². The van der Waals surface area contributed by atoms with E-state index in [-0.39, 0.29) is 5.02 Å². The number of pyridine rings is 1. The molecule has 0 aliphatic rings. The third-order valence-electron chi connectivity index (χ3n) is 2.57. The van der Waals surface area contributed by atoms with Gasteiger partial charge in [0, 0.05) is 12.4 Å². The lowest BCUT2D eigenvalue weighted by Crippen LogP contribution is -2.13. The third kappa shape index (κ3) is 2.46. The maximum Gasteiger partial charge on any atom is 0.142 e. The summed E-state index contributed by atoms with van der Waals surface area (Å²) in [5.41, 5.74) is 8.45. The number of halogens is 2. The molecular formula is C13H12ClFN2. The van der Waals surface area contributed by atoms with Gasteiger partial charge >= 0.3 is 0 Å². The van der Waals surface area contributed by atoms with Crippen LogP contribution in [-0.2, 0) is 0 Å². The quantitative estimate of drug-likeness (QED) is 0.889. The molecule has 0 saturated heterocycles. The first kappa shape index (κ1) is 12.0. The molecule has 4 heteroatoms. The van der Waals surface area contributed by atoms with Gasteiger partial charge in [-0.3, -0.25) is 4.98 Å². The number of nitrogens with two attached hydrogens (primary N) is 1. The molecule has 2 rings (SSSR count). The van der Waals surface area contributed by atoms with Crippen LogP contribution < -0.4 is 5.73 Å². The van der Waals surface area contributed by atoms with Gasteiger partial charge < -0.3 is 5.73 Å². The van der Waals surface area contributed by atoms with Crippen molar-refractivity contribution in [2.75, 3.05) is 0 Å². The molecule has 1 aromatic carbocycles. The van der Waals surface area contributed by atoms with Gasteiger partial charge in [-0.2, -0.15) is 0 Å². The highest BCUT2D eigenvalue weighted by atomic mass is 35.5. The van der Waals surface area contributed by atoms with Crippen molar-refractivity contribution in [2.45, 2.75) is 13.0 Å². The Balaban J connectivity index is 2.44. The summed E-state index contributed by atoms with van der Waals surface area (Å²) < 4.78 is 13.3. The molecule has 17 heavy (non-hydrogen) atoms. The highest BCUT2D eigenvalue weighted by molar-refractivity contribution is 6.31. The Morgan fingerprint density at radius 3 is 2.82 bits per heavy atom. The monoisotopic (exact) mass is 250 g/mol. The number of aromatic nitrogens is 1. The van der Waals surface area contributed by atoms with Crippen molar-refractivity contribution in [1.82, 2.24) is 4.98 Å². The molecule has 2 aromatic rings. The van der Waals surface area contributed by atoms with Crippen molar-refractivity contribution >= 4 is 11.6 Å². The fraction of sp³-hybridized carbons (Fsp3) is 0.154. The summed E-state index contributed by atoms with van der Waals surface area (Å²) in [7, 11) is 0. The van der Waals surface area contributed by atoms with Crippen LogP contribution in [0.5, 0.6) is 0 Å². The highest BCUT2D eigenvalue weighted by Crippen LogP contribution is 2.28. The number of nitrogens with zero attached hydrogens (tertiary/aromatic N) is 1. The first-order valence-corrected chi connectivity index (χ1v) is 5.58. The molecule has 0 fully saturated rings. The number of aryl methyl sites for hydroxylation is 1. The second-order valence-electron chi connectivity index (χ2n) is 3.92. The average Bonchev–Trinajstić information content (AvgIpc) is 2.32. The standard InChI is InChI=1S/C13H12ClFN2/c1-8-5-9(7-17-6-8)13(16)10-3-2-4-11(15)12(10)14/h2-7,13H,16H2,1H3. The molecule has 2 N–H and O–H groups in total. The topological polar surface area (TPSA) is 38.9 Å². The van der Waals surface area contributed by atoms with Gasteiger partial charge in [-0.05, 0) is 29.7 Å². The van der Waals surface area contributed by atoms with Crippen LogP contribution in [0.25, 0.3) is 0 Å². The summed E-state index contributed by atoms with van der Waals surface area (Å²) in [4.78, 5) is 4.07. The van der Waals surface area contributed by atoms with Gasteiger partial charge in [-0.15, -0.1) is 0 Å². The molecule has 0 spiro atoms. The molecule has 1 aromatic heterocycles. The molecule has 1 unspecified atom stereocenters. The van der Waals surface area contributed by atoms with Gasteiger partial charge in [0.25, 0.3) is 0 Å². The number of hydrogen-bond acceptors (Lipinski definition) is 2. The minimum atomic E-state index is -0.467. The molecule has 1 atom stereocenters. The Labute approximate surface area is 104 Å². The summed E-state index contributed by atoms with van der Waals surface area (Å²) in [6, 6.07) is 6.08. The Kier molecular flexibility index (Phi) is 3.41. The van der Waals surface area contributed by atoms with Crippen LogP contribution in [0.4, 0.5) is 4.39 Å². The normalized spacial score (nSPS) is 12.5. The zero-order valence-electron chi connectivity index (χ0n) is 9.32. The molecule has 1 heterocycles. The van der Waals surface area contributed by atoms with Gasteiger partial charge in [-0.25, -0.2) is 4.39 Å². The lowest BCUT2D eigenvalue weighted by atomic mass is 10.00. The van der Waals surface area contributed by atoms with Gasteiger partial charge in [-0.1, -0.05) is 29.8 Å². The van der Waals surface area contributed by atoms with Crippen molar-refractivity contribution in [2.24, 2.45) is 5.73 Å². The predicted molar refractivity (Wildman–Crippen MR) is 66.4 cm³/mol. The van der Waals surface area contributed by atoms with Crippen LogP contribution in [0, 0.1) is 12.7 Å². The fourth-order valence-corrected chi connectivity index (χ4v) is 1.93. The largest absolute Gasteiger partial charge is 0.320 e. The number of benzene rings is 1. The molecule has 88 valence electrons. The molecule has 2 nitrogen and oxygen atoms in total. The fourth-order valence-electron chi connectivity index (χ4n) is 1.69. The SMILES string of the molecule is Cc1cncc(C(N)c2cccc(F)c2Cl)c1. The summed E-state index contributed by atoms with van der Waals surface area (Å²) in [6.45, 7) is 1.93. The van der Waals surface area contributed by atoms with Crippen LogP contribution in [-0.4, -0.2) is 4.98 Å². The Morgan fingerprint density at radius 2 is 2.12 bits per heavy atom. The minimum absolute atomic E-state index is 0.0708. The third-order valence-corrected chi connectivity index (χ3v) is 2.97. The van der Waals surface area contributed by atoms with Crippen molar-refractivity contribution < 1.29 is 4.39 Å². The zero-order chi connectivity index (χ0) is 12.4. The zero-order valence-corrected chi connectivity index (χ0v) is 10.1. The maximum absolute atomic E-state index is 13.3. The van der Waals surface area contributed by atoms with Crippen LogP contribution in [0.1, 0.15) is 22.7 Å². The second-order valence-corrected chi connectivity index (χ2v) is 4.29. The van der Waals surface area contributed by atoms with Crippen molar-refractivity contribution in [3.63, 3.8) is 0 Å². The minimum Gasteiger partial charge on any atom is -0.320 e. The highest BCUT2D eigenvalue weighted by Gasteiger charge is 2.15.